The van der Waals surface area contributed by atoms with Crippen molar-refractivity contribution in [3.63, 3.8) is 0 Å². The summed E-state index contributed by atoms with van der Waals surface area (Å²) in [5.74, 6) is -0.232. The molecule has 0 aromatic heterocycles. The molecule has 0 aliphatic carbocycles. The summed E-state index contributed by atoms with van der Waals surface area (Å²) in [6, 6.07) is 11.9. The number of halogens is 1. The second-order valence-electron chi connectivity index (χ2n) is 9.23. The number of benzene rings is 2. The van der Waals surface area contributed by atoms with E-state index in [1.54, 1.807) is 39.5 Å². The van der Waals surface area contributed by atoms with Crippen LogP contribution >= 0.6 is 0 Å². The highest BCUT2D eigenvalue weighted by Crippen LogP contribution is 2.34. The molecule has 2 saturated heterocycles. The standard InChI is InChI=1S/C25H30FN3O3S/c26-21-8-6-19(7-9-21)23-5-4-13-27(23)18-25(30)29-16-12-20-17-22(10-11-24(20)29)33(31,32)28-14-2-1-3-15-28/h6-11,17,23H,1-5,12-16,18H2. The van der Waals surface area contributed by atoms with Gasteiger partial charge in [-0.2, -0.15) is 4.31 Å². The predicted octanol–water partition coefficient (Wildman–Crippen LogP) is 3.73. The minimum absolute atomic E-state index is 0.0226. The molecule has 5 rings (SSSR count). The van der Waals surface area contributed by atoms with Crippen LogP contribution in [0.25, 0.3) is 0 Å². The molecule has 2 fully saturated rings. The Kier molecular flexibility index (Phi) is 6.24. The summed E-state index contributed by atoms with van der Waals surface area (Å²) in [6.45, 7) is 2.86. The van der Waals surface area contributed by atoms with Crippen LogP contribution in [0.15, 0.2) is 47.4 Å². The summed E-state index contributed by atoms with van der Waals surface area (Å²) >= 11 is 0. The average Bonchev–Trinajstić information content (AvgIpc) is 3.47. The van der Waals surface area contributed by atoms with E-state index in [2.05, 4.69) is 4.90 Å². The van der Waals surface area contributed by atoms with Gasteiger partial charge >= 0.3 is 0 Å². The molecule has 0 spiro atoms. The Bertz CT molecular complexity index is 1130. The van der Waals surface area contributed by atoms with Crippen LogP contribution in [0.4, 0.5) is 10.1 Å². The molecule has 0 N–H and O–H groups in total. The maximum absolute atomic E-state index is 13.3. The number of rotatable bonds is 5. The molecule has 33 heavy (non-hydrogen) atoms. The summed E-state index contributed by atoms with van der Waals surface area (Å²) in [7, 11) is -3.49. The molecule has 0 saturated carbocycles. The van der Waals surface area contributed by atoms with Gasteiger partial charge in [0.1, 0.15) is 5.82 Å². The van der Waals surface area contributed by atoms with Crippen molar-refractivity contribution >= 4 is 21.6 Å². The van der Waals surface area contributed by atoms with E-state index in [0.717, 1.165) is 55.5 Å². The second kappa shape index (κ2) is 9.16. The van der Waals surface area contributed by atoms with Crippen LogP contribution in [0.2, 0.25) is 0 Å². The number of carbonyl (C=O) groups excluding carboxylic acids is 1. The first kappa shape index (κ1) is 22.5. The van der Waals surface area contributed by atoms with Crippen LogP contribution in [-0.2, 0) is 21.2 Å². The number of amides is 1. The van der Waals surface area contributed by atoms with E-state index in [1.165, 1.54) is 12.1 Å². The van der Waals surface area contributed by atoms with Crippen molar-refractivity contribution in [2.24, 2.45) is 0 Å². The van der Waals surface area contributed by atoms with Crippen LogP contribution in [0, 0.1) is 5.82 Å². The Morgan fingerprint density at radius 1 is 0.939 bits per heavy atom. The highest BCUT2D eigenvalue weighted by Gasteiger charge is 2.33. The molecule has 1 amide bonds. The fraction of sp³-hybridized carbons (Fsp3) is 0.480. The Morgan fingerprint density at radius 2 is 1.70 bits per heavy atom. The molecule has 3 heterocycles. The smallest absolute Gasteiger partial charge is 0.243 e. The largest absolute Gasteiger partial charge is 0.311 e. The van der Waals surface area contributed by atoms with Gasteiger partial charge in [0.15, 0.2) is 0 Å². The van der Waals surface area contributed by atoms with Crippen molar-refractivity contribution in [2.75, 3.05) is 37.6 Å². The first-order valence-electron chi connectivity index (χ1n) is 11.9. The van der Waals surface area contributed by atoms with Crippen LogP contribution < -0.4 is 4.90 Å². The quantitative estimate of drug-likeness (QED) is 0.667. The lowest BCUT2D eigenvalue weighted by Gasteiger charge is -2.27. The molecule has 0 bridgehead atoms. The molecule has 1 unspecified atom stereocenters. The highest BCUT2D eigenvalue weighted by molar-refractivity contribution is 7.89. The third-order valence-corrected chi connectivity index (χ3v) is 9.05. The Labute approximate surface area is 195 Å². The van der Waals surface area contributed by atoms with Gasteiger partial charge in [0.05, 0.1) is 11.4 Å². The first-order valence-corrected chi connectivity index (χ1v) is 13.3. The van der Waals surface area contributed by atoms with Crippen molar-refractivity contribution in [3.05, 3.63) is 59.4 Å². The fourth-order valence-corrected chi connectivity index (χ4v) is 6.96. The second-order valence-corrected chi connectivity index (χ2v) is 11.2. The first-order chi connectivity index (χ1) is 15.9. The van der Waals surface area contributed by atoms with Crippen LogP contribution in [-0.4, -0.2) is 56.3 Å². The zero-order valence-corrected chi connectivity index (χ0v) is 19.6. The summed E-state index contributed by atoms with van der Waals surface area (Å²) < 4.78 is 41.0. The average molecular weight is 472 g/mol. The Hall–Kier alpha value is -2.29. The fourth-order valence-electron chi connectivity index (χ4n) is 5.39. The van der Waals surface area contributed by atoms with E-state index in [9.17, 15) is 17.6 Å². The van der Waals surface area contributed by atoms with Crippen molar-refractivity contribution in [2.45, 2.75) is 49.5 Å². The van der Waals surface area contributed by atoms with Crippen molar-refractivity contribution in [3.8, 4) is 0 Å². The summed E-state index contributed by atoms with van der Waals surface area (Å²) in [5, 5.41) is 0. The zero-order chi connectivity index (χ0) is 23.0. The van der Waals surface area contributed by atoms with E-state index in [0.29, 0.717) is 37.5 Å². The summed E-state index contributed by atoms with van der Waals surface area (Å²) in [6.07, 6.45) is 5.50. The molecule has 3 aliphatic rings. The van der Waals surface area contributed by atoms with Gasteiger partial charge in [-0.1, -0.05) is 18.6 Å². The normalized spacial score (nSPS) is 22.0. The van der Waals surface area contributed by atoms with Gasteiger partial charge in [-0.15, -0.1) is 0 Å². The lowest BCUT2D eigenvalue weighted by atomic mass is 10.0. The zero-order valence-electron chi connectivity index (χ0n) is 18.7. The van der Waals surface area contributed by atoms with Crippen molar-refractivity contribution in [1.82, 2.24) is 9.21 Å². The number of sulfonamides is 1. The van der Waals surface area contributed by atoms with Gasteiger partial charge in [0.25, 0.3) is 0 Å². The Morgan fingerprint density at radius 3 is 2.45 bits per heavy atom. The van der Waals surface area contributed by atoms with E-state index >= 15 is 0 Å². The number of carbonyl (C=O) groups is 1. The third-order valence-electron chi connectivity index (χ3n) is 7.16. The molecule has 176 valence electrons. The summed E-state index contributed by atoms with van der Waals surface area (Å²) in [4.78, 5) is 17.5. The lowest BCUT2D eigenvalue weighted by molar-refractivity contribution is -0.119. The number of likely N-dealkylation sites (tertiary alicyclic amines) is 1. The SMILES string of the molecule is O=C(CN1CCCC1c1ccc(F)cc1)N1CCc2cc(S(=O)(=O)N3CCCCC3)ccc21. The van der Waals surface area contributed by atoms with E-state index < -0.39 is 10.0 Å². The molecule has 2 aromatic carbocycles. The number of fused-ring (bicyclic) bond motifs is 1. The number of hydrogen-bond donors (Lipinski definition) is 0. The molecular weight excluding hydrogens is 441 g/mol. The van der Waals surface area contributed by atoms with Gasteiger partial charge in [-0.25, -0.2) is 12.8 Å². The maximum Gasteiger partial charge on any atom is 0.243 e. The molecule has 6 nitrogen and oxygen atoms in total. The number of anilines is 1. The van der Waals surface area contributed by atoms with Gasteiger partial charge in [-0.05, 0) is 80.1 Å². The van der Waals surface area contributed by atoms with E-state index in [1.807, 2.05) is 0 Å². The summed E-state index contributed by atoms with van der Waals surface area (Å²) in [5.41, 5.74) is 2.77. The molecule has 8 heteroatoms. The van der Waals surface area contributed by atoms with Crippen LogP contribution in [0.3, 0.4) is 0 Å². The number of piperidine rings is 1. The third kappa shape index (κ3) is 4.44. The maximum atomic E-state index is 13.3. The monoisotopic (exact) mass is 471 g/mol. The minimum atomic E-state index is -3.49. The minimum Gasteiger partial charge on any atom is -0.311 e. The van der Waals surface area contributed by atoms with Gasteiger partial charge < -0.3 is 4.90 Å². The van der Waals surface area contributed by atoms with Gasteiger partial charge in [0, 0.05) is 31.4 Å². The lowest BCUT2D eigenvalue weighted by Crippen LogP contribution is -2.39. The molecule has 3 aliphatic heterocycles. The Balaban J connectivity index is 1.30. The molecule has 1 atom stereocenters. The van der Waals surface area contributed by atoms with Gasteiger partial charge in [0.2, 0.25) is 15.9 Å². The molecule has 0 radical (unpaired) electrons. The van der Waals surface area contributed by atoms with Gasteiger partial charge in [-0.3, -0.25) is 9.69 Å². The topological polar surface area (TPSA) is 60.9 Å². The predicted molar refractivity (Wildman–Crippen MR) is 125 cm³/mol. The van der Waals surface area contributed by atoms with Crippen LogP contribution in [0.1, 0.15) is 49.3 Å². The van der Waals surface area contributed by atoms with E-state index in [-0.39, 0.29) is 17.8 Å². The van der Waals surface area contributed by atoms with Crippen molar-refractivity contribution in [1.29, 1.82) is 0 Å². The molecular formula is C25H30FN3O3S. The number of nitrogens with zero attached hydrogens (tertiary/aromatic N) is 3. The molecule has 2 aromatic rings. The van der Waals surface area contributed by atoms with Crippen molar-refractivity contribution < 1.29 is 17.6 Å². The van der Waals surface area contributed by atoms with Crippen LogP contribution in [0.5, 0.6) is 0 Å². The number of hydrogen-bond acceptors (Lipinski definition) is 4. The van der Waals surface area contributed by atoms with E-state index in [4.69, 9.17) is 0 Å². The highest BCUT2D eigenvalue weighted by atomic mass is 32.2.